The Kier molecular flexibility index (Phi) is 6.85. The molecule has 0 aromatic heterocycles. The van der Waals surface area contributed by atoms with E-state index in [9.17, 15) is 13.2 Å². The smallest absolute Gasteiger partial charge is 0.312 e. The van der Waals surface area contributed by atoms with Crippen LogP contribution in [0, 0.1) is 0 Å². The zero-order valence-electron chi connectivity index (χ0n) is 12.0. The van der Waals surface area contributed by atoms with Crippen LogP contribution in [0.2, 0.25) is 0 Å². The fourth-order valence-electron chi connectivity index (χ4n) is 1.73. The molecule has 0 aliphatic carbocycles. The van der Waals surface area contributed by atoms with Crippen LogP contribution in [0.1, 0.15) is 17.2 Å². The van der Waals surface area contributed by atoms with Gasteiger partial charge in [0.2, 0.25) is 0 Å². The van der Waals surface area contributed by atoms with Crippen molar-refractivity contribution in [1.82, 2.24) is 10.2 Å². The number of nitrogens with zero attached hydrogens (tertiary/aromatic N) is 1. The van der Waals surface area contributed by atoms with Crippen molar-refractivity contribution < 1.29 is 13.2 Å². The molecule has 0 spiro atoms. The van der Waals surface area contributed by atoms with Crippen molar-refractivity contribution in [1.29, 1.82) is 0 Å². The van der Waals surface area contributed by atoms with Crippen molar-refractivity contribution >= 4 is 11.8 Å². The molecule has 0 amide bonds. The summed E-state index contributed by atoms with van der Waals surface area (Å²) in [7, 11) is 5.78. The molecule has 1 atom stereocenters. The van der Waals surface area contributed by atoms with Crippen molar-refractivity contribution in [3.63, 3.8) is 0 Å². The fourth-order valence-corrected chi connectivity index (χ4v) is 2.98. The van der Waals surface area contributed by atoms with Crippen LogP contribution in [-0.4, -0.2) is 44.1 Å². The Balaban J connectivity index is 2.65. The van der Waals surface area contributed by atoms with Crippen LogP contribution in [0.3, 0.4) is 0 Å². The minimum absolute atomic E-state index is 0.0653. The van der Waals surface area contributed by atoms with E-state index in [0.29, 0.717) is 5.56 Å². The van der Waals surface area contributed by atoms with Gasteiger partial charge in [-0.25, -0.2) is 0 Å². The zero-order chi connectivity index (χ0) is 15.2. The highest BCUT2D eigenvalue weighted by molar-refractivity contribution is 7.99. The molecule has 0 saturated heterocycles. The van der Waals surface area contributed by atoms with Gasteiger partial charge < -0.3 is 10.2 Å². The summed E-state index contributed by atoms with van der Waals surface area (Å²) in [5, 5.41) is 3.08. The summed E-state index contributed by atoms with van der Waals surface area (Å²) in [5.41, 5.74) is 0.0909. The molecule has 0 bridgehead atoms. The summed E-state index contributed by atoms with van der Waals surface area (Å²) in [5.74, 6) is 1.72. The number of halogens is 3. The van der Waals surface area contributed by atoms with E-state index >= 15 is 0 Å². The molecule has 1 unspecified atom stereocenters. The molecule has 0 radical (unpaired) electrons. The van der Waals surface area contributed by atoms with Gasteiger partial charge in [0.1, 0.15) is 0 Å². The van der Waals surface area contributed by atoms with Crippen LogP contribution in [0.5, 0.6) is 0 Å². The van der Waals surface area contributed by atoms with Crippen LogP contribution < -0.4 is 5.32 Å². The van der Waals surface area contributed by atoms with Gasteiger partial charge in [-0.3, -0.25) is 0 Å². The van der Waals surface area contributed by atoms with Crippen LogP contribution >= 0.6 is 11.8 Å². The number of benzene rings is 1. The third kappa shape index (κ3) is 5.73. The third-order valence-corrected chi connectivity index (χ3v) is 3.97. The second-order valence-corrected chi connectivity index (χ2v) is 5.99. The van der Waals surface area contributed by atoms with E-state index in [1.165, 1.54) is 12.1 Å². The summed E-state index contributed by atoms with van der Waals surface area (Å²) in [6.07, 6.45) is -4.29. The van der Waals surface area contributed by atoms with Crippen LogP contribution in [0.15, 0.2) is 24.3 Å². The lowest BCUT2D eigenvalue weighted by Crippen LogP contribution is -2.21. The van der Waals surface area contributed by atoms with Crippen molar-refractivity contribution in [3.05, 3.63) is 35.4 Å². The molecule has 1 rings (SSSR count). The molecule has 0 aliphatic heterocycles. The largest absolute Gasteiger partial charge is 0.416 e. The lowest BCUT2D eigenvalue weighted by molar-refractivity contribution is -0.137. The first-order chi connectivity index (χ1) is 9.34. The van der Waals surface area contributed by atoms with Gasteiger partial charge >= 0.3 is 6.18 Å². The summed E-state index contributed by atoms with van der Waals surface area (Å²) in [6, 6.07) is 5.48. The Morgan fingerprint density at radius 3 is 2.55 bits per heavy atom. The first-order valence-electron chi connectivity index (χ1n) is 6.41. The highest BCUT2D eigenvalue weighted by Gasteiger charge is 2.30. The number of hydrogen-bond acceptors (Lipinski definition) is 3. The predicted octanol–water partition coefficient (Wildman–Crippen LogP) is 3.26. The first kappa shape index (κ1) is 17.3. The van der Waals surface area contributed by atoms with E-state index in [0.717, 1.165) is 24.1 Å². The molecule has 0 fully saturated rings. The lowest BCUT2D eigenvalue weighted by atomic mass is 10.1. The SMILES string of the molecule is CNC(CSCCN(C)C)c1cccc(C(F)(F)F)c1. The molecule has 2 nitrogen and oxygen atoms in total. The number of nitrogens with one attached hydrogen (secondary N) is 1. The highest BCUT2D eigenvalue weighted by Crippen LogP contribution is 2.31. The standard InChI is InChI=1S/C14H21F3N2S/c1-18-13(10-20-8-7-19(2)3)11-5-4-6-12(9-11)14(15,16)17/h4-6,9,13,18H,7-8,10H2,1-3H3. The monoisotopic (exact) mass is 306 g/mol. The maximum Gasteiger partial charge on any atom is 0.416 e. The van der Waals surface area contributed by atoms with Crippen LogP contribution in [0.25, 0.3) is 0 Å². The molecule has 1 aromatic rings. The van der Waals surface area contributed by atoms with Crippen molar-refractivity contribution in [2.45, 2.75) is 12.2 Å². The quantitative estimate of drug-likeness (QED) is 0.779. The second-order valence-electron chi connectivity index (χ2n) is 4.84. The Hall–Kier alpha value is -0.720. The highest BCUT2D eigenvalue weighted by atomic mass is 32.2. The molecular formula is C14H21F3N2S. The average molecular weight is 306 g/mol. The minimum atomic E-state index is -4.29. The number of thioether (sulfide) groups is 1. The fraction of sp³-hybridized carbons (Fsp3) is 0.571. The summed E-state index contributed by atoms with van der Waals surface area (Å²) < 4.78 is 38.1. The molecule has 0 aliphatic rings. The second kappa shape index (κ2) is 7.90. The third-order valence-electron chi connectivity index (χ3n) is 2.93. The number of alkyl halides is 3. The van der Waals surface area contributed by atoms with Gasteiger partial charge in [-0.15, -0.1) is 0 Å². The van der Waals surface area contributed by atoms with Gasteiger partial charge in [-0.05, 0) is 38.8 Å². The van der Waals surface area contributed by atoms with Gasteiger partial charge in [0.05, 0.1) is 5.56 Å². The summed E-state index contributed by atoms with van der Waals surface area (Å²) >= 11 is 1.74. The molecule has 1 aromatic carbocycles. The number of hydrogen-bond donors (Lipinski definition) is 1. The van der Waals surface area contributed by atoms with Gasteiger partial charge in [0.15, 0.2) is 0 Å². The molecule has 114 valence electrons. The van der Waals surface area contributed by atoms with Gasteiger partial charge in [0, 0.05) is 24.1 Å². The molecular weight excluding hydrogens is 285 g/mol. The summed E-state index contributed by atoms with van der Waals surface area (Å²) in [4.78, 5) is 2.09. The molecule has 0 saturated carbocycles. The molecule has 20 heavy (non-hydrogen) atoms. The molecule has 6 heteroatoms. The van der Waals surface area contributed by atoms with E-state index in [1.54, 1.807) is 24.9 Å². The Morgan fingerprint density at radius 1 is 1.30 bits per heavy atom. The van der Waals surface area contributed by atoms with E-state index in [4.69, 9.17) is 0 Å². The van der Waals surface area contributed by atoms with Crippen molar-refractivity contribution in [3.8, 4) is 0 Å². The Morgan fingerprint density at radius 2 is 2.00 bits per heavy atom. The van der Waals surface area contributed by atoms with E-state index < -0.39 is 11.7 Å². The van der Waals surface area contributed by atoms with Crippen LogP contribution in [-0.2, 0) is 6.18 Å². The first-order valence-corrected chi connectivity index (χ1v) is 7.57. The maximum atomic E-state index is 12.7. The lowest BCUT2D eigenvalue weighted by Gasteiger charge is -2.18. The Labute approximate surface area is 122 Å². The van der Waals surface area contributed by atoms with Gasteiger partial charge in [-0.1, -0.05) is 12.1 Å². The van der Waals surface area contributed by atoms with Crippen molar-refractivity contribution in [2.24, 2.45) is 0 Å². The van der Waals surface area contributed by atoms with Crippen LogP contribution in [0.4, 0.5) is 13.2 Å². The molecule has 1 N–H and O–H groups in total. The minimum Gasteiger partial charge on any atom is -0.312 e. The van der Waals surface area contributed by atoms with Gasteiger partial charge in [-0.2, -0.15) is 24.9 Å². The number of rotatable bonds is 7. The predicted molar refractivity (Wildman–Crippen MR) is 79.1 cm³/mol. The van der Waals surface area contributed by atoms with Gasteiger partial charge in [0.25, 0.3) is 0 Å². The average Bonchev–Trinajstić information content (AvgIpc) is 2.38. The summed E-state index contributed by atoms with van der Waals surface area (Å²) in [6.45, 7) is 0.962. The van der Waals surface area contributed by atoms with Crippen molar-refractivity contribution in [2.75, 3.05) is 39.2 Å². The topological polar surface area (TPSA) is 15.3 Å². The van der Waals surface area contributed by atoms with E-state index in [-0.39, 0.29) is 6.04 Å². The maximum absolute atomic E-state index is 12.7. The van der Waals surface area contributed by atoms with E-state index in [1.807, 2.05) is 14.1 Å². The Bertz CT molecular complexity index is 408. The normalized spacial score (nSPS) is 13.8. The molecule has 0 heterocycles. The zero-order valence-corrected chi connectivity index (χ0v) is 12.8. The van der Waals surface area contributed by atoms with E-state index in [2.05, 4.69) is 10.2 Å².